The Balaban J connectivity index is 0.000000217. The number of halogens is 2. The quantitative estimate of drug-likeness (QED) is 0.600. The molecule has 0 aromatic heterocycles. The van der Waals surface area contributed by atoms with Crippen LogP contribution in [0.1, 0.15) is 48.8 Å². The number of aryl methyl sites for hydroxylation is 1. The third-order valence-electron chi connectivity index (χ3n) is 6.51. The van der Waals surface area contributed by atoms with E-state index in [4.69, 9.17) is 5.73 Å². The van der Waals surface area contributed by atoms with Crippen molar-refractivity contribution >= 4 is 16.8 Å². The van der Waals surface area contributed by atoms with Crippen LogP contribution in [0.5, 0.6) is 0 Å². The van der Waals surface area contributed by atoms with Crippen LogP contribution in [0, 0.1) is 17.6 Å². The Morgan fingerprint density at radius 1 is 1.16 bits per heavy atom. The van der Waals surface area contributed by atoms with Gasteiger partial charge >= 0.3 is 0 Å². The van der Waals surface area contributed by atoms with E-state index in [-0.39, 0.29) is 10.4 Å². The number of rotatable bonds is 2. The summed E-state index contributed by atoms with van der Waals surface area (Å²) in [4.78, 5) is -0.301. The smallest absolute Gasteiger partial charge is 0.134 e. The molecular formula is C25H29F2N3S. The van der Waals surface area contributed by atoms with Crippen LogP contribution in [0.15, 0.2) is 60.2 Å². The Bertz CT molecular complexity index is 984. The molecule has 1 spiro atoms. The van der Waals surface area contributed by atoms with Crippen LogP contribution in [0.25, 0.3) is 0 Å². The van der Waals surface area contributed by atoms with E-state index >= 15 is 0 Å². The lowest BCUT2D eigenvalue weighted by Gasteiger charge is -2.31. The molecule has 0 amide bonds. The van der Waals surface area contributed by atoms with E-state index in [0.717, 1.165) is 30.9 Å². The largest absolute Gasteiger partial charge is 0.328 e. The summed E-state index contributed by atoms with van der Waals surface area (Å²) < 4.78 is 27.5. The van der Waals surface area contributed by atoms with E-state index in [9.17, 15) is 8.78 Å². The zero-order valence-corrected chi connectivity index (χ0v) is 18.7. The molecule has 0 saturated heterocycles. The molecule has 3 aliphatic rings. The van der Waals surface area contributed by atoms with Gasteiger partial charge in [-0.25, -0.2) is 8.78 Å². The van der Waals surface area contributed by atoms with Crippen LogP contribution in [0.2, 0.25) is 0 Å². The predicted octanol–water partition coefficient (Wildman–Crippen LogP) is 5.79. The van der Waals surface area contributed by atoms with E-state index < -0.39 is 11.6 Å². The highest BCUT2D eigenvalue weighted by molar-refractivity contribution is 8.15. The number of hydrogen-bond acceptors (Lipinski definition) is 4. The molecule has 1 aliphatic heterocycles. The van der Waals surface area contributed by atoms with E-state index in [1.54, 1.807) is 0 Å². The fourth-order valence-corrected chi connectivity index (χ4v) is 6.05. The first kappa shape index (κ1) is 22.0. The van der Waals surface area contributed by atoms with Gasteiger partial charge in [-0.2, -0.15) is 5.10 Å². The first-order chi connectivity index (χ1) is 14.9. The molecular weight excluding hydrogens is 412 g/mol. The Labute approximate surface area is 187 Å². The van der Waals surface area contributed by atoms with Crippen molar-refractivity contribution in [2.75, 3.05) is 7.05 Å². The zero-order chi connectivity index (χ0) is 22.0. The maximum Gasteiger partial charge on any atom is 0.134 e. The summed E-state index contributed by atoms with van der Waals surface area (Å²) in [5.74, 6) is -0.135. The van der Waals surface area contributed by atoms with Gasteiger partial charge in [0.25, 0.3) is 0 Å². The molecule has 164 valence electrons. The second-order valence-corrected chi connectivity index (χ2v) is 9.77. The normalized spacial score (nSPS) is 26.8. The third kappa shape index (κ3) is 4.41. The summed E-state index contributed by atoms with van der Waals surface area (Å²) in [5.41, 5.74) is 8.48. The minimum Gasteiger partial charge on any atom is -0.328 e. The molecule has 1 saturated carbocycles. The molecule has 2 aliphatic carbocycles. The zero-order valence-electron chi connectivity index (χ0n) is 17.9. The van der Waals surface area contributed by atoms with Crippen molar-refractivity contribution in [3.63, 3.8) is 0 Å². The molecule has 1 atom stereocenters. The number of hydrazone groups is 1. The van der Waals surface area contributed by atoms with Gasteiger partial charge < -0.3 is 5.73 Å². The average molecular weight is 442 g/mol. The molecule has 0 radical (unpaired) electrons. The Kier molecular flexibility index (Phi) is 6.49. The minimum atomic E-state index is -0.449. The van der Waals surface area contributed by atoms with Crippen LogP contribution in [0.4, 0.5) is 8.78 Å². The second kappa shape index (κ2) is 9.13. The van der Waals surface area contributed by atoms with Crippen LogP contribution in [-0.4, -0.2) is 23.1 Å². The molecule has 1 fully saturated rings. The van der Waals surface area contributed by atoms with Gasteiger partial charge in [0.15, 0.2) is 0 Å². The first-order valence-electron chi connectivity index (χ1n) is 10.9. The summed E-state index contributed by atoms with van der Waals surface area (Å²) in [6.45, 7) is 3.77. The molecule has 2 N–H and O–H groups in total. The van der Waals surface area contributed by atoms with E-state index in [1.807, 2.05) is 24.2 Å². The van der Waals surface area contributed by atoms with Gasteiger partial charge in [0.2, 0.25) is 0 Å². The van der Waals surface area contributed by atoms with Crippen molar-refractivity contribution in [3.05, 3.63) is 83.4 Å². The van der Waals surface area contributed by atoms with Gasteiger partial charge in [0, 0.05) is 18.7 Å². The van der Waals surface area contributed by atoms with Gasteiger partial charge in [-0.05, 0) is 73.8 Å². The van der Waals surface area contributed by atoms with Crippen molar-refractivity contribution in [2.45, 2.75) is 49.4 Å². The van der Waals surface area contributed by atoms with Crippen molar-refractivity contribution in [1.29, 1.82) is 0 Å². The number of hydrogen-bond donors (Lipinski definition) is 1. The van der Waals surface area contributed by atoms with E-state index in [2.05, 4.69) is 29.9 Å². The Hall–Kier alpha value is -2.18. The number of thioether (sulfide) groups is 1. The summed E-state index contributed by atoms with van der Waals surface area (Å²) in [6.07, 6.45) is 8.84. The van der Waals surface area contributed by atoms with Crippen LogP contribution in [-0.2, 0) is 11.3 Å². The number of nitrogens with two attached hydrogens (primary N) is 1. The molecule has 0 bridgehead atoms. The molecule has 1 heterocycles. The highest BCUT2D eigenvalue weighted by Crippen LogP contribution is 2.54. The van der Waals surface area contributed by atoms with Crippen LogP contribution >= 0.6 is 11.8 Å². The SMILES string of the molecule is C=CC1CCC(N)CC1.CN1N=C(c2cc(F)ccc2F)SC12CCc1ccccc12. The molecule has 31 heavy (non-hydrogen) atoms. The number of nitrogens with zero attached hydrogens (tertiary/aromatic N) is 2. The van der Waals surface area contributed by atoms with E-state index in [1.165, 1.54) is 54.6 Å². The molecule has 2 aromatic carbocycles. The summed E-state index contributed by atoms with van der Waals surface area (Å²) in [5, 5.41) is 6.93. The highest BCUT2D eigenvalue weighted by Gasteiger charge is 2.48. The van der Waals surface area contributed by atoms with Crippen molar-refractivity contribution in [3.8, 4) is 0 Å². The standard InChI is InChI=1S/C17H14F2N2S.C8H15N/c1-21-17(9-8-11-4-2-3-5-14(11)17)22-16(20-21)13-10-12(18)6-7-15(13)19;1-2-7-3-5-8(9)6-4-7/h2-7,10H,8-9H2,1H3;2,7-8H,1,3-6,9H2. The lowest BCUT2D eigenvalue weighted by Crippen LogP contribution is -2.31. The monoisotopic (exact) mass is 441 g/mol. The minimum absolute atomic E-state index is 0.234. The van der Waals surface area contributed by atoms with Crippen molar-refractivity contribution < 1.29 is 8.78 Å². The summed E-state index contributed by atoms with van der Waals surface area (Å²) in [7, 11) is 1.90. The van der Waals surface area contributed by atoms with Crippen molar-refractivity contribution in [1.82, 2.24) is 5.01 Å². The van der Waals surface area contributed by atoms with Gasteiger partial charge in [0.05, 0.1) is 0 Å². The lowest BCUT2D eigenvalue weighted by molar-refractivity contribution is 0.230. The van der Waals surface area contributed by atoms with Gasteiger partial charge in [-0.15, -0.1) is 6.58 Å². The molecule has 6 heteroatoms. The van der Waals surface area contributed by atoms with Gasteiger partial charge in [-0.1, -0.05) is 42.1 Å². The highest BCUT2D eigenvalue weighted by atomic mass is 32.2. The van der Waals surface area contributed by atoms with E-state index in [0.29, 0.717) is 11.1 Å². The van der Waals surface area contributed by atoms with Gasteiger partial charge in [0.1, 0.15) is 21.5 Å². The fourth-order valence-electron chi connectivity index (χ4n) is 4.61. The fraction of sp³-hybridized carbons (Fsp3) is 0.400. The van der Waals surface area contributed by atoms with Crippen LogP contribution < -0.4 is 5.73 Å². The Morgan fingerprint density at radius 2 is 1.90 bits per heavy atom. The first-order valence-corrected chi connectivity index (χ1v) is 11.7. The molecule has 3 nitrogen and oxygen atoms in total. The number of fused-ring (bicyclic) bond motifs is 2. The summed E-state index contributed by atoms with van der Waals surface area (Å²) in [6, 6.07) is 12.2. The maximum absolute atomic E-state index is 14.0. The topological polar surface area (TPSA) is 41.6 Å². The van der Waals surface area contributed by atoms with Crippen LogP contribution in [0.3, 0.4) is 0 Å². The van der Waals surface area contributed by atoms with Gasteiger partial charge in [-0.3, -0.25) is 5.01 Å². The molecule has 5 rings (SSSR count). The average Bonchev–Trinajstić information content (AvgIpc) is 3.32. The lowest BCUT2D eigenvalue weighted by atomic mass is 9.87. The third-order valence-corrected chi connectivity index (χ3v) is 8.03. The second-order valence-electron chi connectivity index (χ2n) is 8.51. The van der Waals surface area contributed by atoms with Crippen molar-refractivity contribution in [2.24, 2.45) is 16.8 Å². The molecule has 1 unspecified atom stereocenters. The Morgan fingerprint density at radius 3 is 2.65 bits per heavy atom. The summed E-state index contributed by atoms with van der Waals surface area (Å²) >= 11 is 1.52. The number of benzene rings is 2. The predicted molar refractivity (Wildman–Crippen MR) is 125 cm³/mol. The molecule has 2 aromatic rings. The maximum atomic E-state index is 14.0. The number of allylic oxidation sites excluding steroid dienone is 1.